The van der Waals surface area contributed by atoms with Crippen LogP contribution in [0.15, 0.2) is 78.5 Å². The van der Waals surface area contributed by atoms with E-state index in [1.165, 1.54) is 22.4 Å². The van der Waals surface area contributed by atoms with Gasteiger partial charge in [0, 0.05) is 75.2 Å². The molecule has 0 saturated carbocycles. The third-order valence-electron chi connectivity index (χ3n) is 8.52. The topological polar surface area (TPSA) is 67.9 Å². The molecule has 2 amide bonds. The van der Waals surface area contributed by atoms with Crippen LogP contribution in [0.4, 0.5) is 5.69 Å². The van der Waals surface area contributed by atoms with Crippen molar-refractivity contribution in [2.24, 2.45) is 0 Å². The summed E-state index contributed by atoms with van der Waals surface area (Å²) in [5.74, 6) is 0.248. The fourth-order valence-electron chi connectivity index (χ4n) is 6.18. The monoisotopic (exact) mass is 583 g/mol. The Hall–Kier alpha value is -3.65. The number of carbonyl (C=O) groups excluding carboxylic acids is 2. The van der Waals surface area contributed by atoms with Gasteiger partial charge in [0.05, 0.1) is 6.04 Å². The van der Waals surface area contributed by atoms with Crippen molar-refractivity contribution in [3.05, 3.63) is 106 Å². The number of benzene rings is 3. The Balaban J connectivity index is 1.12. The van der Waals surface area contributed by atoms with Gasteiger partial charge in [-0.05, 0) is 59.4 Å². The highest BCUT2D eigenvalue weighted by Crippen LogP contribution is 2.25. The molecule has 218 valence electrons. The number of rotatable bonds is 8. The second-order valence-electron chi connectivity index (χ2n) is 11.4. The normalized spacial score (nSPS) is 19.6. The van der Waals surface area contributed by atoms with Crippen LogP contribution in [0, 0.1) is 0 Å². The molecule has 1 atom stereocenters. The lowest BCUT2D eigenvalue weighted by molar-refractivity contribution is -0.128. The predicted octanol–water partition coefficient (Wildman–Crippen LogP) is 4.46. The second-order valence-corrected chi connectivity index (χ2v) is 11.9. The van der Waals surface area contributed by atoms with Gasteiger partial charge in [0.15, 0.2) is 0 Å². The van der Waals surface area contributed by atoms with E-state index in [1.807, 2.05) is 41.3 Å². The summed E-state index contributed by atoms with van der Waals surface area (Å²) in [6.45, 7) is 6.38. The SMILES string of the molecule is O=C(N/C(=C\c1ccc(Cl)cc1)CN1CCN(c2ccccc2CN2CCCC2=O)CC1)[C@H]1Cc2ccccc2CN1. The molecule has 0 radical (unpaired) electrons. The Labute approximate surface area is 253 Å². The summed E-state index contributed by atoms with van der Waals surface area (Å²) in [5, 5.41) is 7.36. The van der Waals surface area contributed by atoms with Crippen molar-refractivity contribution in [1.82, 2.24) is 20.4 Å². The van der Waals surface area contributed by atoms with E-state index < -0.39 is 0 Å². The molecular formula is C34H38ClN5O2. The van der Waals surface area contributed by atoms with E-state index in [9.17, 15) is 9.59 Å². The molecular weight excluding hydrogens is 546 g/mol. The average Bonchev–Trinajstić information content (AvgIpc) is 3.42. The van der Waals surface area contributed by atoms with E-state index >= 15 is 0 Å². The zero-order valence-electron chi connectivity index (χ0n) is 23.9. The molecule has 3 aromatic rings. The van der Waals surface area contributed by atoms with E-state index in [1.54, 1.807) is 0 Å². The molecule has 0 aromatic heterocycles. The van der Waals surface area contributed by atoms with Gasteiger partial charge >= 0.3 is 0 Å². The number of halogens is 1. The summed E-state index contributed by atoms with van der Waals surface area (Å²) in [5.41, 5.74) is 6.78. The van der Waals surface area contributed by atoms with Crippen molar-refractivity contribution in [1.29, 1.82) is 0 Å². The Bertz CT molecular complexity index is 1450. The molecule has 7 nitrogen and oxygen atoms in total. The predicted molar refractivity (Wildman–Crippen MR) is 168 cm³/mol. The molecule has 2 N–H and O–H groups in total. The van der Waals surface area contributed by atoms with Crippen LogP contribution in [0.5, 0.6) is 0 Å². The lowest BCUT2D eigenvalue weighted by atomic mass is 9.95. The Morgan fingerprint density at radius 1 is 0.929 bits per heavy atom. The van der Waals surface area contributed by atoms with Gasteiger partial charge in [0.25, 0.3) is 0 Å². The molecule has 2 saturated heterocycles. The van der Waals surface area contributed by atoms with E-state index in [2.05, 4.69) is 62.9 Å². The quantitative estimate of drug-likeness (QED) is 0.410. The Morgan fingerprint density at radius 2 is 1.67 bits per heavy atom. The molecule has 3 aliphatic heterocycles. The van der Waals surface area contributed by atoms with Gasteiger partial charge in [0.1, 0.15) is 0 Å². The summed E-state index contributed by atoms with van der Waals surface area (Å²) in [6.07, 6.45) is 4.34. The molecule has 6 rings (SSSR count). The van der Waals surface area contributed by atoms with Gasteiger partial charge < -0.3 is 20.4 Å². The standard InChI is InChI=1S/C34H38ClN5O2/c35-29-13-11-25(12-14-29)20-30(37-34(42)31-21-26-6-1-2-7-27(26)22-36-31)24-38-16-18-39(19-17-38)32-9-4-3-8-28(32)23-40-15-5-10-33(40)41/h1-4,6-9,11-14,20,31,36H,5,10,15-19,21-24H2,(H,37,42)/b30-20-/t31-/m1/s1. The highest BCUT2D eigenvalue weighted by molar-refractivity contribution is 6.30. The smallest absolute Gasteiger partial charge is 0.241 e. The van der Waals surface area contributed by atoms with Crippen LogP contribution in [-0.4, -0.2) is 66.9 Å². The number of fused-ring (bicyclic) bond motifs is 1. The first-order valence-corrected chi connectivity index (χ1v) is 15.3. The first kappa shape index (κ1) is 28.5. The highest BCUT2D eigenvalue weighted by Gasteiger charge is 2.27. The van der Waals surface area contributed by atoms with Crippen LogP contribution in [-0.2, 0) is 29.1 Å². The molecule has 3 aliphatic rings. The van der Waals surface area contributed by atoms with Gasteiger partial charge in [-0.1, -0.05) is 66.2 Å². The fourth-order valence-corrected chi connectivity index (χ4v) is 6.31. The summed E-state index contributed by atoms with van der Waals surface area (Å²) in [4.78, 5) is 32.5. The van der Waals surface area contributed by atoms with E-state index in [-0.39, 0.29) is 17.9 Å². The Morgan fingerprint density at radius 3 is 2.43 bits per heavy atom. The van der Waals surface area contributed by atoms with Gasteiger partial charge in [-0.15, -0.1) is 0 Å². The lowest BCUT2D eigenvalue weighted by Gasteiger charge is -2.37. The molecule has 3 aromatic carbocycles. The van der Waals surface area contributed by atoms with Gasteiger partial charge in [-0.3, -0.25) is 14.5 Å². The van der Waals surface area contributed by atoms with Crippen molar-refractivity contribution in [2.45, 2.75) is 38.4 Å². The number of nitrogens with one attached hydrogen (secondary N) is 2. The summed E-state index contributed by atoms with van der Waals surface area (Å²) >= 11 is 6.13. The van der Waals surface area contributed by atoms with E-state index in [0.717, 1.165) is 50.4 Å². The van der Waals surface area contributed by atoms with Crippen molar-refractivity contribution in [2.75, 3.05) is 44.2 Å². The summed E-state index contributed by atoms with van der Waals surface area (Å²) in [7, 11) is 0. The number of likely N-dealkylation sites (tertiary alicyclic amines) is 1. The number of hydrogen-bond donors (Lipinski definition) is 2. The van der Waals surface area contributed by atoms with Crippen LogP contribution in [0.25, 0.3) is 6.08 Å². The van der Waals surface area contributed by atoms with Crippen LogP contribution in [0.3, 0.4) is 0 Å². The summed E-state index contributed by atoms with van der Waals surface area (Å²) < 4.78 is 0. The number of para-hydroxylation sites is 1. The second kappa shape index (κ2) is 13.1. The number of hydrogen-bond acceptors (Lipinski definition) is 5. The minimum absolute atomic E-state index is 0.00580. The van der Waals surface area contributed by atoms with Crippen molar-refractivity contribution >= 4 is 35.2 Å². The van der Waals surface area contributed by atoms with Crippen LogP contribution in [0.2, 0.25) is 5.02 Å². The molecule has 42 heavy (non-hydrogen) atoms. The number of carbonyl (C=O) groups is 2. The zero-order valence-corrected chi connectivity index (χ0v) is 24.7. The number of piperazine rings is 1. The van der Waals surface area contributed by atoms with Crippen LogP contribution < -0.4 is 15.5 Å². The molecule has 0 aliphatic carbocycles. The molecule has 0 unspecified atom stereocenters. The van der Waals surface area contributed by atoms with E-state index in [4.69, 9.17) is 11.6 Å². The third kappa shape index (κ3) is 6.86. The Kier molecular flexibility index (Phi) is 8.89. The van der Waals surface area contributed by atoms with Gasteiger partial charge in [-0.2, -0.15) is 0 Å². The number of nitrogens with zero attached hydrogens (tertiary/aromatic N) is 3. The zero-order chi connectivity index (χ0) is 28.9. The minimum Gasteiger partial charge on any atom is -0.369 e. The minimum atomic E-state index is -0.274. The van der Waals surface area contributed by atoms with Crippen molar-refractivity contribution in [3.8, 4) is 0 Å². The molecule has 8 heteroatoms. The molecule has 2 fully saturated rings. The van der Waals surface area contributed by atoms with Gasteiger partial charge in [0.2, 0.25) is 11.8 Å². The largest absolute Gasteiger partial charge is 0.369 e. The third-order valence-corrected chi connectivity index (χ3v) is 8.78. The highest BCUT2D eigenvalue weighted by atomic mass is 35.5. The molecule has 0 bridgehead atoms. The first-order valence-electron chi connectivity index (χ1n) is 14.9. The molecule has 3 heterocycles. The maximum atomic E-state index is 13.5. The number of anilines is 1. The first-order chi connectivity index (χ1) is 20.5. The lowest BCUT2D eigenvalue weighted by Crippen LogP contribution is -2.50. The fraction of sp³-hybridized carbons (Fsp3) is 0.353. The number of amides is 2. The van der Waals surface area contributed by atoms with Crippen molar-refractivity contribution < 1.29 is 9.59 Å². The van der Waals surface area contributed by atoms with E-state index in [0.29, 0.717) is 37.5 Å². The van der Waals surface area contributed by atoms with Crippen LogP contribution in [0.1, 0.15) is 35.1 Å². The van der Waals surface area contributed by atoms with Gasteiger partial charge in [-0.25, -0.2) is 0 Å². The molecule has 0 spiro atoms. The maximum Gasteiger partial charge on any atom is 0.241 e. The maximum absolute atomic E-state index is 13.5. The van der Waals surface area contributed by atoms with Crippen molar-refractivity contribution in [3.63, 3.8) is 0 Å². The summed E-state index contributed by atoms with van der Waals surface area (Å²) in [6, 6.07) is 24.2. The van der Waals surface area contributed by atoms with Crippen LogP contribution >= 0.6 is 11.6 Å². The average molecular weight is 584 g/mol.